The average Bonchev–Trinajstić information content (AvgIpc) is 2.16. The molecule has 0 saturated heterocycles. The molecule has 1 aromatic rings. The summed E-state index contributed by atoms with van der Waals surface area (Å²) >= 11 is 0. The second-order valence-electron chi connectivity index (χ2n) is 3.98. The smallest absolute Gasteiger partial charge is 0.319 e. The van der Waals surface area contributed by atoms with Gasteiger partial charge in [-0.15, -0.1) is 0 Å². The zero-order valence-corrected chi connectivity index (χ0v) is 8.74. The number of benzene rings is 1. The van der Waals surface area contributed by atoms with Gasteiger partial charge in [0.2, 0.25) is 0 Å². The zero-order chi connectivity index (χ0) is 11.0. The van der Waals surface area contributed by atoms with E-state index in [9.17, 15) is 9.59 Å². The Morgan fingerprint density at radius 1 is 1.27 bits per heavy atom. The molecule has 1 aliphatic rings. The number of carbonyl (C=O) groups excluding carboxylic acids is 2. The van der Waals surface area contributed by atoms with Crippen LogP contribution < -0.4 is 4.74 Å². The highest BCUT2D eigenvalue weighted by Gasteiger charge is 2.24. The van der Waals surface area contributed by atoms with Gasteiger partial charge in [0.05, 0.1) is 5.56 Å². The Kier molecular flexibility index (Phi) is 2.31. The first-order valence-corrected chi connectivity index (χ1v) is 4.96. The minimum absolute atomic E-state index is 0.145. The number of rotatable bonds is 1. The van der Waals surface area contributed by atoms with Crippen LogP contribution in [0.1, 0.15) is 42.1 Å². The normalized spacial score (nSPS) is 15.1. The van der Waals surface area contributed by atoms with E-state index in [0.717, 1.165) is 5.56 Å². The molecular weight excluding hydrogens is 192 g/mol. The predicted molar refractivity (Wildman–Crippen MR) is 55.1 cm³/mol. The highest BCUT2D eigenvalue weighted by molar-refractivity contribution is 6.10. The number of Topliss-reactive ketones (excluding diaryl/α,β-unsaturated/α-hetero) is 1. The van der Waals surface area contributed by atoms with Crippen LogP contribution in [0.2, 0.25) is 0 Å². The standard InChI is InChI=1S/C12H12O3/c1-7(2)8-3-4-9-10(13)6-12(14)15-11(9)5-8/h3-5,7H,6H2,1-2H3. The Labute approximate surface area is 88.1 Å². The van der Waals surface area contributed by atoms with Crippen LogP contribution in [0.15, 0.2) is 18.2 Å². The van der Waals surface area contributed by atoms with E-state index in [1.165, 1.54) is 0 Å². The lowest BCUT2D eigenvalue weighted by Crippen LogP contribution is -2.21. The van der Waals surface area contributed by atoms with Crippen molar-refractivity contribution >= 4 is 11.8 Å². The Balaban J connectivity index is 2.48. The van der Waals surface area contributed by atoms with Crippen molar-refractivity contribution in [3.05, 3.63) is 29.3 Å². The molecule has 3 nitrogen and oxygen atoms in total. The Morgan fingerprint density at radius 3 is 2.67 bits per heavy atom. The van der Waals surface area contributed by atoms with Crippen LogP contribution in [0.5, 0.6) is 5.75 Å². The molecule has 1 heterocycles. The molecule has 0 unspecified atom stereocenters. The van der Waals surface area contributed by atoms with Gasteiger partial charge in [0, 0.05) is 0 Å². The monoisotopic (exact) mass is 204 g/mol. The number of fused-ring (bicyclic) bond motifs is 1. The predicted octanol–water partition coefficient (Wildman–Crippen LogP) is 2.30. The fourth-order valence-corrected chi connectivity index (χ4v) is 1.60. The first-order chi connectivity index (χ1) is 7.08. The van der Waals surface area contributed by atoms with E-state index in [1.54, 1.807) is 12.1 Å². The molecule has 0 bridgehead atoms. The van der Waals surface area contributed by atoms with Gasteiger partial charge in [-0.3, -0.25) is 9.59 Å². The van der Waals surface area contributed by atoms with E-state index in [4.69, 9.17) is 4.74 Å². The largest absolute Gasteiger partial charge is 0.425 e. The van der Waals surface area contributed by atoms with E-state index in [0.29, 0.717) is 17.2 Å². The van der Waals surface area contributed by atoms with Gasteiger partial charge in [-0.2, -0.15) is 0 Å². The van der Waals surface area contributed by atoms with E-state index in [2.05, 4.69) is 0 Å². The quantitative estimate of drug-likeness (QED) is 0.400. The summed E-state index contributed by atoms with van der Waals surface area (Å²) in [5.74, 6) is 0.137. The van der Waals surface area contributed by atoms with Crippen molar-refractivity contribution in [1.29, 1.82) is 0 Å². The van der Waals surface area contributed by atoms with Crippen molar-refractivity contribution in [3.63, 3.8) is 0 Å². The summed E-state index contributed by atoms with van der Waals surface area (Å²) in [7, 11) is 0. The molecule has 78 valence electrons. The summed E-state index contributed by atoms with van der Waals surface area (Å²) in [6.07, 6.45) is -0.145. The second-order valence-corrected chi connectivity index (χ2v) is 3.98. The van der Waals surface area contributed by atoms with Crippen LogP contribution in [0.25, 0.3) is 0 Å². The SMILES string of the molecule is CC(C)c1ccc2c(c1)OC(=O)CC2=O. The molecule has 0 N–H and O–H groups in total. The van der Waals surface area contributed by atoms with Gasteiger partial charge in [0.1, 0.15) is 12.2 Å². The molecule has 0 atom stereocenters. The van der Waals surface area contributed by atoms with Crippen molar-refractivity contribution < 1.29 is 14.3 Å². The van der Waals surface area contributed by atoms with Crippen molar-refractivity contribution in [2.75, 3.05) is 0 Å². The summed E-state index contributed by atoms with van der Waals surface area (Å²) in [6.45, 7) is 4.10. The molecule has 0 saturated carbocycles. The number of ketones is 1. The van der Waals surface area contributed by atoms with Crippen LogP contribution in [0.4, 0.5) is 0 Å². The number of carbonyl (C=O) groups is 2. The molecule has 0 radical (unpaired) electrons. The van der Waals surface area contributed by atoms with Gasteiger partial charge in [-0.25, -0.2) is 0 Å². The molecule has 0 fully saturated rings. The van der Waals surface area contributed by atoms with Crippen molar-refractivity contribution in [1.82, 2.24) is 0 Å². The van der Waals surface area contributed by atoms with Gasteiger partial charge in [-0.1, -0.05) is 19.9 Å². The second kappa shape index (κ2) is 3.50. The van der Waals surface area contributed by atoms with Gasteiger partial charge < -0.3 is 4.74 Å². The molecule has 0 amide bonds. The summed E-state index contributed by atoms with van der Waals surface area (Å²) < 4.78 is 5.03. The first-order valence-electron chi connectivity index (χ1n) is 4.96. The maximum absolute atomic E-state index is 11.5. The topological polar surface area (TPSA) is 43.4 Å². The number of esters is 1. The van der Waals surface area contributed by atoms with Crippen LogP contribution in [0, 0.1) is 0 Å². The lowest BCUT2D eigenvalue weighted by atomic mass is 9.97. The third-order valence-electron chi connectivity index (χ3n) is 2.50. The molecular formula is C12H12O3. The lowest BCUT2D eigenvalue weighted by Gasteiger charge is -2.16. The molecule has 1 aromatic carbocycles. The fraction of sp³-hybridized carbons (Fsp3) is 0.333. The fourth-order valence-electron chi connectivity index (χ4n) is 1.60. The molecule has 15 heavy (non-hydrogen) atoms. The number of hydrogen-bond donors (Lipinski definition) is 0. The number of ether oxygens (including phenoxy) is 1. The Bertz CT molecular complexity index is 432. The van der Waals surface area contributed by atoms with E-state index in [1.807, 2.05) is 19.9 Å². The minimum Gasteiger partial charge on any atom is -0.425 e. The molecule has 0 aromatic heterocycles. The van der Waals surface area contributed by atoms with Gasteiger partial charge in [-0.05, 0) is 23.6 Å². The summed E-state index contributed by atoms with van der Waals surface area (Å²) in [5.41, 5.74) is 1.58. The molecule has 2 rings (SSSR count). The molecule has 0 aliphatic carbocycles. The van der Waals surface area contributed by atoms with Crippen LogP contribution in [-0.2, 0) is 4.79 Å². The van der Waals surface area contributed by atoms with Gasteiger partial charge in [0.15, 0.2) is 5.78 Å². The third kappa shape index (κ3) is 1.77. The van der Waals surface area contributed by atoms with E-state index >= 15 is 0 Å². The van der Waals surface area contributed by atoms with Gasteiger partial charge in [0.25, 0.3) is 0 Å². The van der Waals surface area contributed by atoms with Crippen molar-refractivity contribution in [2.45, 2.75) is 26.2 Å². The highest BCUT2D eigenvalue weighted by atomic mass is 16.5. The number of hydrogen-bond acceptors (Lipinski definition) is 3. The van der Waals surface area contributed by atoms with E-state index < -0.39 is 5.97 Å². The van der Waals surface area contributed by atoms with Crippen LogP contribution in [-0.4, -0.2) is 11.8 Å². The maximum Gasteiger partial charge on any atom is 0.319 e. The summed E-state index contributed by atoms with van der Waals surface area (Å²) in [5, 5.41) is 0. The first kappa shape index (κ1) is 9.90. The van der Waals surface area contributed by atoms with Crippen molar-refractivity contribution in [3.8, 4) is 5.75 Å². The Hall–Kier alpha value is -1.64. The average molecular weight is 204 g/mol. The van der Waals surface area contributed by atoms with Crippen LogP contribution >= 0.6 is 0 Å². The molecule has 1 aliphatic heterocycles. The lowest BCUT2D eigenvalue weighted by molar-refractivity contribution is -0.133. The van der Waals surface area contributed by atoms with Crippen LogP contribution in [0.3, 0.4) is 0 Å². The molecule has 0 spiro atoms. The molecule has 3 heteroatoms. The zero-order valence-electron chi connectivity index (χ0n) is 8.74. The van der Waals surface area contributed by atoms with Crippen molar-refractivity contribution in [2.24, 2.45) is 0 Å². The van der Waals surface area contributed by atoms with E-state index in [-0.39, 0.29) is 12.2 Å². The Morgan fingerprint density at radius 2 is 2.00 bits per heavy atom. The minimum atomic E-state index is -0.464. The summed E-state index contributed by atoms with van der Waals surface area (Å²) in [4.78, 5) is 22.6. The van der Waals surface area contributed by atoms with Gasteiger partial charge >= 0.3 is 5.97 Å². The highest BCUT2D eigenvalue weighted by Crippen LogP contribution is 2.28. The third-order valence-corrected chi connectivity index (χ3v) is 2.50. The maximum atomic E-state index is 11.5. The summed E-state index contributed by atoms with van der Waals surface area (Å²) in [6, 6.07) is 5.41.